The fourth-order valence-corrected chi connectivity index (χ4v) is 6.01. The Morgan fingerprint density at radius 3 is 2.17 bits per heavy atom. The van der Waals surface area contributed by atoms with Crippen molar-refractivity contribution >= 4 is 35.2 Å². The average Bonchev–Trinajstić information content (AvgIpc) is 3.36. The van der Waals surface area contributed by atoms with Crippen molar-refractivity contribution < 1.29 is 28.6 Å². The molecule has 0 bridgehead atoms. The maximum atomic E-state index is 7.51. The van der Waals surface area contributed by atoms with Crippen LogP contribution >= 0.6 is 0 Å². The largest absolute Gasteiger partial charge is 0.501 e. The van der Waals surface area contributed by atoms with Gasteiger partial charge in [-0.1, -0.05) is 86.9 Å². The summed E-state index contributed by atoms with van der Waals surface area (Å²) in [7, 11) is -1.57. The van der Waals surface area contributed by atoms with Crippen LogP contribution in [0, 0.1) is 19.0 Å². The van der Waals surface area contributed by atoms with Crippen molar-refractivity contribution in [1.29, 1.82) is 0 Å². The van der Waals surface area contributed by atoms with Crippen molar-refractivity contribution in [3.05, 3.63) is 115 Å². The Hall–Kier alpha value is -3.37. The second-order valence-corrected chi connectivity index (χ2v) is 16.0. The van der Waals surface area contributed by atoms with Crippen molar-refractivity contribution in [1.82, 2.24) is 9.97 Å². The van der Waals surface area contributed by atoms with Crippen LogP contribution in [0.2, 0.25) is 19.6 Å². The number of pyridine rings is 2. The van der Waals surface area contributed by atoms with E-state index in [2.05, 4.69) is 85.9 Å². The number of fused-ring (bicyclic) bond motifs is 3. The van der Waals surface area contributed by atoms with Gasteiger partial charge in [0, 0.05) is 42.0 Å². The third kappa shape index (κ3) is 6.33. The van der Waals surface area contributed by atoms with E-state index in [0.29, 0.717) is 11.6 Å². The van der Waals surface area contributed by atoms with Gasteiger partial charge in [0.15, 0.2) is 0 Å². The summed E-state index contributed by atoms with van der Waals surface area (Å²) in [5, 5.41) is 3.41. The van der Waals surface area contributed by atoms with Gasteiger partial charge in [0.05, 0.1) is 13.7 Å². The fraction of sp³-hybridized carbons (Fsp3) is 0.200. The number of para-hydroxylation sites is 1. The molecule has 3 aromatic heterocycles. The van der Waals surface area contributed by atoms with Crippen LogP contribution in [0.5, 0.6) is 0 Å². The molecule has 0 spiro atoms. The number of furan rings is 1. The molecule has 0 aliphatic heterocycles. The molecule has 0 fully saturated rings. The Labute approximate surface area is 256 Å². The van der Waals surface area contributed by atoms with Crippen molar-refractivity contribution in [2.45, 2.75) is 46.3 Å². The first-order valence-electron chi connectivity index (χ1n) is 14.7. The van der Waals surface area contributed by atoms with Gasteiger partial charge in [0.2, 0.25) is 0 Å². The fourth-order valence-electron chi connectivity index (χ4n) is 4.54. The Morgan fingerprint density at radius 1 is 0.775 bits per heavy atom. The summed E-state index contributed by atoms with van der Waals surface area (Å²) in [5.41, 5.74) is 6.62. The molecule has 0 amide bonds. The minimum atomic E-state index is -2.16. The van der Waals surface area contributed by atoms with Crippen molar-refractivity contribution in [2.24, 2.45) is 0 Å². The Kier molecular flexibility index (Phi) is 7.95. The zero-order chi connectivity index (χ0) is 30.1. The van der Waals surface area contributed by atoms with Crippen LogP contribution in [0.3, 0.4) is 0 Å². The van der Waals surface area contributed by atoms with E-state index in [-0.39, 0.29) is 25.7 Å². The molecule has 6 rings (SSSR count). The maximum Gasteiger partial charge on any atom is 0.120 e. The van der Waals surface area contributed by atoms with Gasteiger partial charge < -0.3 is 14.4 Å². The molecular weight excluding hydrogens is 685 g/mol. The van der Waals surface area contributed by atoms with Crippen molar-refractivity contribution in [2.75, 3.05) is 0 Å². The molecule has 0 aliphatic rings. The second kappa shape index (κ2) is 12.4. The SMILES string of the molecule is CC(C)c1ccc(-c2[c-]cccc2)nc1.[2H]C([2H])([2H])c1ccc(-c2[c-]ccc3c2oc2c([Si](C)(C)C)cccc23)nc1.[Ir]. The van der Waals surface area contributed by atoms with Crippen LogP contribution in [0.25, 0.3) is 44.5 Å². The number of hydrogen-bond donors (Lipinski definition) is 0. The minimum absolute atomic E-state index is 0. The van der Waals surface area contributed by atoms with E-state index in [0.717, 1.165) is 38.8 Å². The van der Waals surface area contributed by atoms with Gasteiger partial charge in [0.25, 0.3) is 0 Å². The average molecular weight is 722 g/mol. The molecule has 0 saturated heterocycles. The van der Waals surface area contributed by atoms with Gasteiger partial charge in [-0.25, -0.2) is 0 Å². The third-order valence-corrected chi connectivity index (χ3v) is 8.73. The van der Waals surface area contributed by atoms with E-state index in [1.807, 2.05) is 42.6 Å². The Morgan fingerprint density at radius 2 is 1.55 bits per heavy atom. The second-order valence-electron chi connectivity index (χ2n) is 11.0. The third-order valence-electron chi connectivity index (χ3n) is 6.72. The van der Waals surface area contributed by atoms with E-state index < -0.39 is 14.9 Å². The molecule has 3 aromatic carbocycles. The zero-order valence-corrected chi connectivity index (χ0v) is 26.8. The van der Waals surface area contributed by atoms with E-state index >= 15 is 0 Å². The standard InChI is InChI=1S/C21H20NOSi.C14H14N.Ir/c1-14-11-12-18(22-13-14)17-9-5-7-15-16-8-6-10-19(24(2,3)4)21(16)23-20(15)17;1-11(2)13-8-9-14(15-10-13)12-6-4-3-5-7-12;/h5-8,10-13H,1-4H3;3-6,8-11H,1-2H3;/q2*-1;/i1D3;;. The van der Waals surface area contributed by atoms with E-state index in [9.17, 15) is 0 Å². The molecular formula is C35H34IrN2OSi-2. The maximum absolute atomic E-state index is 7.51. The van der Waals surface area contributed by atoms with Gasteiger partial charge >= 0.3 is 0 Å². The molecule has 6 aromatic rings. The van der Waals surface area contributed by atoms with Gasteiger partial charge in [-0.2, -0.15) is 0 Å². The number of rotatable bonds is 4. The van der Waals surface area contributed by atoms with Gasteiger partial charge in [-0.3, -0.25) is 0 Å². The first-order valence-corrected chi connectivity index (χ1v) is 16.7. The summed E-state index contributed by atoms with van der Waals surface area (Å²) < 4.78 is 28.9. The number of aromatic nitrogens is 2. The smallest absolute Gasteiger partial charge is 0.120 e. The van der Waals surface area contributed by atoms with E-state index in [1.165, 1.54) is 16.9 Å². The topological polar surface area (TPSA) is 38.9 Å². The number of nitrogens with zero attached hydrogens (tertiary/aromatic N) is 2. The monoisotopic (exact) mass is 722 g/mol. The van der Waals surface area contributed by atoms with Crippen LogP contribution < -0.4 is 5.19 Å². The predicted molar refractivity (Wildman–Crippen MR) is 166 cm³/mol. The van der Waals surface area contributed by atoms with Crippen molar-refractivity contribution in [3.63, 3.8) is 0 Å². The molecule has 5 heteroatoms. The van der Waals surface area contributed by atoms with E-state index in [1.54, 1.807) is 12.1 Å². The van der Waals surface area contributed by atoms with Crippen LogP contribution in [-0.4, -0.2) is 18.0 Å². The van der Waals surface area contributed by atoms with Crippen LogP contribution in [-0.2, 0) is 20.1 Å². The molecule has 205 valence electrons. The molecule has 0 atom stereocenters. The molecule has 40 heavy (non-hydrogen) atoms. The summed E-state index contributed by atoms with van der Waals surface area (Å²) in [6.45, 7) is 9.09. The normalized spacial score (nSPS) is 12.7. The minimum Gasteiger partial charge on any atom is -0.501 e. The molecule has 0 N–H and O–H groups in total. The molecule has 0 aliphatic carbocycles. The zero-order valence-electron chi connectivity index (χ0n) is 26.4. The van der Waals surface area contributed by atoms with Crippen LogP contribution in [0.1, 0.15) is 35.0 Å². The first-order chi connectivity index (χ1) is 19.9. The first kappa shape index (κ1) is 25.6. The van der Waals surface area contributed by atoms with Crippen LogP contribution in [0.4, 0.5) is 0 Å². The summed E-state index contributed by atoms with van der Waals surface area (Å²) >= 11 is 0. The number of aryl methyl sites for hydroxylation is 1. The molecule has 3 heterocycles. The molecule has 1 radical (unpaired) electrons. The summed E-state index contributed by atoms with van der Waals surface area (Å²) in [4.78, 5) is 8.80. The summed E-state index contributed by atoms with van der Waals surface area (Å²) in [6.07, 6.45) is 3.35. The van der Waals surface area contributed by atoms with E-state index in [4.69, 9.17) is 8.53 Å². The quantitative estimate of drug-likeness (QED) is 0.135. The van der Waals surface area contributed by atoms with Gasteiger partial charge in [-0.05, 0) is 40.5 Å². The molecule has 0 unspecified atom stereocenters. The Bertz CT molecular complexity index is 1810. The van der Waals surface area contributed by atoms with Crippen molar-refractivity contribution in [3.8, 4) is 22.5 Å². The van der Waals surface area contributed by atoms with Crippen LogP contribution in [0.15, 0.2) is 95.7 Å². The summed E-state index contributed by atoms with van der Waals surface area (Å²) in [5.74, 6) is 0.534. The van der Waals surface area contributed by atoms with Gasteiger partial charge in [0.1, 0.15) is 5.58 Å². The molecule has 3 nitrogen and oxygen atoms in total. The predicted octanol–water partition coefficient (Wildman–Crippen LogP) is 8.97. The molecule has 0 saturated carbocycles. The number of benzene rings is 3. The van der Waals surface area contributed by atoms with Gasteiger partial charge in [-0.15, -0.1) is 54.1 Å². The number of hydrogen-bond acceptors (Lipinski definition) is 3. The summed E-state index contributed by atoms with van der Waals surface area (Å²) in [6, 6.07) is 32.0. The Balaban J connectivity index is 0.000000225.